The number of thiazole rings is 1. The van der Waals surface area contributed by atoms with Crippen LogP contribution in [0.3, 0.4) is 0 Å². The van der Waals surface area contributed by atoms with Crippen LogP contribution in [-0.4, -0.2) is 23.0 Å². The lowest BCUT2D eigenvalue weighted by Gasteiger charge is -2.06. The molecule has 1 aromatic carbocycles. The van der Waals surface area contributed by atoms with Crippen molar-refractivity contribution < 1.29 is 13.9 Å². The third-order valence-corrected chi connectivity index (χ3v) is 3.86. The monoisotopic (exact) mass is 329 g/mol. The van der Waals surface area contributed by atoms with Crippen molar-refractivity contribution in [2.75, 3.05) is 12.4 Å². The quantitative estimate of drug-likeness (QED) is 0.794. The average Bonchev–Trinajstić information content (AvgIpc) is 3.04. The highest BCUT2D eigenvalue weighted by Gasteiger charge is 2.13. The molecule has 0 atom stereocenters. The molecule has 7 heteroatoms. The summed E-state index contributed by atoms with van der Waals surface area (Å²) in [5.74, 6) is -0.139. The van der Waals surface area contributed by atoms with Gasteiger partial charge in [-0.05, 0) is 30.3 Å². The molecule has 0 bridgehead atoms. The van der Waals surface area contributed by atoms with E-state index in [1.807, 2.05) is 0 Å². The number of carbonyl (C=O) groups is 1. The Labute approximate surface area is 135 Å². The Morgan fingerprint density at radius 1 is 1.26 bits per heavy atom. The first-order valence-corrected chi connectivity index (χ1v) is 7.56. The van der Waals surface area contributed by atoms with Gasteiger partial charge in [-0.3, -0.25) is 15.1 Å². The van der Waals surface area contributed by atoms with Crippen molar-refractivity contribution in [2.24, 2.45) is 0 Å². The van der Waals surface area contributed by atoms with Gasteiger partial charge in [0.25, 0.3) is 5.91 Å². The van der Waals surface area contributed by atoms with Gasteiger partial charge in [-0.15, -0.1) is 11.3 Å². The number of hydrogen-bond donors (Lipinski definition) is 1. The zero-order valence-corrected chi connectivity index (χ0v) is 12.9. The minimum absolute atomic E-state index is 0.278. The molecule has 116 valence electrons. The van der Waals surface area contributed by atoms with Crippen LogP contribution < -0.4 is 10.1 Å². The third-order valence-electron chi connectivity index (χ3n) is 3.10. The molecular weight excluding hydrogens is 317 g/mol. The number of pyridine rings is 1. The fraction of sp³-hybridized carbons (Fsp3) is 0.0625. The molecule has 0 aliphatic rings. The molecule has 2 heterocycles. The number of rotatable bonds is 4. The molecule has 3 aromatic rings. The van der Waals surface area contributed by atoms with Gasteiger partial charge in [0, 0.05) is 28.9 Å². The molecule has 0 saturated heterocycles. The van der Waals surface area contributed by atoms with Crippen LogP contribution in [0.2, 0.25) is 0 Å². The normalized spacial score (nSPS) is 10.3. The Morgan fingerprint density at radius 3 is 2.78 bits per heavy atom. The van der Waals surface area contributed by atoms with Gasteiger partial charge in [0.2, 0.25) is 0 Å². The summed E-state index contributed by atoms with van der Waals surface area (Å²) in [7, 11) is 1.51. The van der Waals surface area contributed by atoms with E-state index in [0.717, 1.165) is 0 Å². The second-order valence-electron chi connectivity index (χ2n) is 4.57. The standard InChI is InChI=1S/C16H12FN3O2S/c1-22-14-3-2-11(17)8-12(14)13-9-23-16(19-13)20-15(21)10-4-6-18-7-5-10/h2-9H,1H3,(H,19,20,21). The lowest BCUT2D eigenvalue weighted by molar-refractivity contribution is 0.102. The summed E-state index contributed by atoms with van der Waals surface area (Å²) >= 11 is 1.26. The highest BCUT2D eigenvalue weighted by molar-refractivity contribution is 7.14. The molecule has 0 saturated carbocycles. The van der Waals surface area contributed by atoms with Crippen molar-refractivity contribution in [1.29, 1.82) is 0 Å². The Kier molecular flexibility index (Phi) is 4.29. The molecule has 0 fully saturated rings. The zero-order chi connectivity index (χ0) is 16.2. The molecule has 1 N–H and O–H groups in total. The van der Waals surface area contributed by atoms with Crippen LogP contribution in [0.25, 0.3) is 11.3 Å². The van der Waals surface area contributed by atoms with Crippen molar-refractivity contribution >= 4 is 22.4 Å². The number of anilines is 1. The molecule has 0 aliphatic heterocycles. The lowest BCUT2D eigenvalue weighted by atomic mass is 10.1. The third kappa shape index (κ3) is 3.35. The van der Waals surface area contributed by atoms with E-state index in [9.17, 15) is 9.18 Å². The number of ether oxygens (including phenoxy) is 1. The van der Waals surface area contributed by atoms with Gasteiger partial charge in [-0.2, -0.15) is 0 Å². The first kappa shape index (κ1) is 15.1. The molecule has 2 aromatic heterocycles. The maximum absolute atomic E-state index is 13.5. The number of methoxy groups -OCH3 is 1. The average molecular weight is 329 g/mol. The summed E-state index contributed by atoms with van der Waals surface area (Å²) < 4.78 is 18.7. The van der Waals surface area contributed by atoms with Gasteiger partial charge in [0.1, 0.15) is 11.6 Å². The number of hydrogen-bond acceptors (Lipinski definition) is 5. The van der Waals surface area contributed by atoms with Crippen molar-refractivity contribution in [3.8, 4) is 17.0 Å². The second kappa shape index (κ2) is 6.53. The van der Waals surface area contributed by atoms with E-state index in [0.29, 0.717) is 27.7 Å². The first-order valence-electron chi connectivity index (χ1n) is 6.68. The molecule has 3 rings (SSSR count). The highest BCUT2D eigenvalue weighted by Crippen LogP contribution is 2.32. The molecule has 0 aliphatic carbocycles. The molecule has 1 amide bonds. The fourth-order valence-corrected chi connectivity index (χ4v) is 2.71. The van der Waals surface area contributed by atoms with Gasteiger partial charge >= 0.3 is 0 Å². The van der Waals surface area contributed by atoms with Crippen LogP contribution in [0.15, 0.2) is 48.1 Å². The summed E-state index contributed by atoms with van der Waals surface area (Å²) in [6.45, 7) is 0. The van der Waals surface area contributed by atoms with E-state index in [2.05, 4.69) is 15.3 Å². The number of nitrogens with one attached hydrogen (secondary N) is 1. The van der Waals surface area contributed by atoms with Gasteiger partial charge in [-0.25, -0.2) is 9.37 Å². The Hall–Kier alpha value is -2.80. The zero-order valence-electron chi connectivity index (χ0n) is 12.1. The van der Waals surface area contributed by atoms with Crippen molar-refractivity contribution in [1.82, 2.24) is 9.97 Å². The molecule has 0 unspecified atom stereocenters. The van der Waals surface area contributed by atoms with Gasteiger partial charge < -0.3 is 4.74 Å². The second-order valence-corrected chi connectivity index (χ2v) is 5.43. The van der Waals surface area contributed by atoms with E-state index in [-0.39, 0.29) is 11.7 Å². The summed E-state index contributed by atoms with van der Waals surface area (Å²) in [5, 5.41) is 4.87. The van der Waals surface area contributed by atoms with Crippen molar-refractivity contribution in [3.63, 3.8) is 0 Å². The maximum atomic E-state index is 13.5. The SMILES string of the molecule is COc1ccc(F)cc1-c1csc(NC(=O)c2ccncc2)n1. The van der Waals surface area contributed by atoms with E-state index >= 15 is 0 Å². The van der Waals surface area contributed by atoms with Crippen LogP contribution in [0.5, 0.6) is 5.75 Å². The minimum Gasteiger partial charge on any atom is -0.496 e. The predicted molar refractivity (Wildman–Crippen MR) is 86.3 cm³/mol. The summed E-state index contributed by atoms with van der Waals surface area (Å²) in [4.78, 5) is 20.3. The van der Waals surface area contributed by atoms with E-state index in [1.165, 1.54) is 30.6 Å². The summed E-state index contributed by atoms with van der Waals surface area (Å²) in [6, 6.07) is 7.43. The number of carbonyl (C=O) groups excluding carboxylic acids is 1. The molecule has 5 nitrogen and oxygen atoms in total. The Morgan fingerprint density at radius 2 is 2.04 bits per heavy atom. The van der Waals surface area contributed by atoms with Crippen molar-refractivity contribution in [3.05, 3.63) is 59.5 Å². The van der Waals surface area contributed by atoms with Crippen LogP contribution >= 0.6 is 11.3 Å². The number of halogens is 1. The number of benzene rings is 1. The number of nitrogens with zero attached hydrogens (tertiary/aromatic N) is 2. The van der Waals surface area contributed by atoms with E-state index in [4.69, 9.17) is 4.74 Å². The first-order chi connectivity index (χ1) is 11.2. The summed E-state index contributed by atoms with van der Waals surface area (Å²) in [6.07, 6.45) is 3.08. The maximum Gasteiger partial charge on any atom is 0.257 e. The highest BCUT2D eigenvalue weighted by atomic mass is 32.1. The molecular formula is C16H12FN3O2S. The molecule has 0 radical (unpaired) electrons. The Bertz CT molecular complexity index is 836. The minimum atomic E-state index is -0.379. The van der Waals surface area contributed by atoms with Crippen LogP contribution in [-0.2, 0) is 0 Å². The number of amides is 1. The van der Waals surface area contributed by atoms with Gasteiger partial charge in [0.15, 0.2) is 5.13 Å². The van der Waals surface area contributed by atoms with Crippen molar-refractivity contribution in [2.45, 2.75) is 0 Å². The topological polar surface area (TPSA) is 64.1 Å². The van der Waals surface area contributed by atoms with Gasteiger partial charge in [-0.1, -0.05) is 0 Å². The van der Waals surface area contributed by atoms with Gasteiger partial charge in [0.05, 0.1) is 12.8 Å². The largest absolute Gasteiger partial charge is 0.496 e. The predicted octanol–water partition coefficient (Wildman–Crippen LogP) is 3.61. The molecule has 0 spiro atoms. The summed E-state index contributed by atoms with van der Waals surface area (Å²) in [5.41, 5.74) is 1.56. The fourth-order valence-electron chi connectivity index (χ4n) is 2.01. The number of aromatic nitrogens is 2. The lowest BCUT2D eigenvalue weighted by Crippen LogP contribution is -2.11. The molecule has 23 heavy (non-hydrogen) atoms. The van der Waals surface area contributed by atoms with Crippen LogP contribution in [0.1, 0.15) is 10.4 Å². The smallest absolute Gasteiger partial charge is 0.257 e. The van der Waals surface area contributed by atoms with Crippen LogP contribution in [0, 0.1) is 5.82 Å². The van der Waals surface area contributed by atoms with Crippen LogP contribution in [0.4, 0.5) is 9.52 Å². The van der Waals surface area contributed by atoms with E-state index in [1.54, 1.807) is 36.0 Å². The van der Waals surface area contributed by atoms with E-state index < -0.39 is 0 Å². The Balaban J connectivity index is 1.84.